The van der Waals surface area contributed by atoms with Crippen LogP contribution in [-0.2, 0) is 0 Å². The van der Waals surface area contributed by atoms with Gasteiger partial charge >= 0.3 is 0 Å². The van der Waals surface area contributed by atoms with E-state index in [-0.39, 0.29) is 0 Å². The van der Waals surface area contributed by atoms with Crippen LogP contribution in [0, 0.1) is 13.8 Å². The Kier molecular flexibility index (Phi) is 3.54. The summed E-state index contributed by atoms with van der Waals surface area (Å²) in [4.78, 5) is 12.7. The zero-order chi connectivity index (χ0) is 15.1. The number of nitrogens with zero attached hydrogens (tertiary/aromatic N) is 2. The van der Waals surface area contributed by atoms with Crippen LogP contribution < -0.4 is 5.32 Å². The van der Waals surface area contributed by atoms with Gasteiger partial charge in [0, 0.05) is 15.5 Å². The monoisotopic (exact) mass is 327 g/mol. The Labute approximate surface area is 138 Å². The van der Waals surface area contributed by atoms with E-state index in [0.717, 1.165) is 22.8 Å². The highest BCUT2D eigenvalue weighted by molar-refractivity contribution is 7.99. The molecule has 0 spiro atoms. The molecule has 0 amide bonds. The maximum Gasteiger partial charge on any atom is 0.138 e. The molecule has 1 N–H and O–H groups in total. The molecule has 0 radical (unpaired) electrons. The molecule has 4 rings (SSSR count). The summed E-state index contributed by atoms with van der Waals surface area (Å²) in [5.74, 6) is 2.11. The first kappa shape index (κ1) is 14.0. The lowest BCUT2D eigenvalue weighted by atomic mass is 10.0. The minimum absolute atomic E-state index is 0.329. The summed E-state index contributed by atoms with van der Waals surface area (Å²) in [7, 11) is 0. The first-order valence-corrected chi connectivity index (χ1v) is 9.23. The molecule has 0 fully saturated rings. The van der Waals surface area contributed by atoms with E-state index in [9.17, 15) is 0 Å². The number of anilines is 1. The summed E-state index contributed by atoms with van der Waals surface area (Å²) in [6.45, 7) is 4.31. The second kappa shape index (κ2) is 5.56. The molecule has 1 aromatic carbocycles. The number of thioether (sulfide) groups is 1. The van der Waals surface area contributed by atoms with Crippen molar-refractivity contribution in [2.24, 2.45) is 0 Å². The maximum absolute atomic E-state index is 4.53. The number of rotatable bonds is 2. The third-order valence-corrected chi connectivity index (χ3v) is 6.47. The minimum atomic E-state index is 0.329. The summed E-state index contributed by atoms with van der Waals surface area (Å²) < 4.78 is 0. The maximum atomic E-state index is 4.53. The Morgan fingerprint density at radius 1 is 1.18 bits per heavy atom. The van der Waals surface area contributed by atoms with E-state index in [1.807, 2.05) is 11.8 Å². The molecular weight excluding hydrogens is 310 g/mol. The zero-order valence-corrected chi connectivity index (χ0v) is 14.2. The van der Waals surface area contributed by atoms with Crippen LogP contribution in [0.2, 0.25) is 0 Å². The highest BCUT2D eigenvalue weighted by atomic mass is 32.2. The average Bonchev–Trinajstić information content (AvgIpc) is 2.83. The smallest absolute Gasteiger partial charge is 0.138 e. The summed E-state index contributed by atoms with van der Waals surface area (Å²) in [5.41, 5.74) is 2.68. The van der Waals surface area contributed by atoms with E-state index in [2.05, 4.69) is 53.4 Å². The van der Waals surface area contributed by atoms with Crippen molar-refractivity contribution < 1.29 is 0 Å². The number of hydrogen-bond acceptors (Lipinski definition) is 5. The van der Waals surface area contributed by atoms with Crippen molar-refractivity contribution in [3.63, 3.8) is 0 Å². The first-order valence-electron chi connectivity index (χ1n) is 7.43. The molecule has 3 aromatic rings. The van der Waals surface area contributed by atoms with Gasteiger partial charge in [0.1, 0.15) is 17.0 Å². The molecule has 2 aromatic heterocycles. The van der Waals surface area contributed by atoms with E-state index in [0.29, 0.717) is 6.04 Å². The standard InChI is InChI=1S/C17H17N3S2/c1-10-11(2)22-17-15(10)16(18-9-19-17)20-13-7-8-21-14-6-4-3-5-12(13)14/h3-6,9,13H,7-8H2,1-2H3,(H,18,19,20)/t13-/m1/s1. The Balaban J connectivity index is 1.76. The fourth-order valence-electron chi connectivity index (χ4n) is 2.95. The molecule has 3 heterocycles. The van der Waals surface area contributed by atoms with Gasteiger partial charge < -0.3 is 5.32 Å². The van der Waals surface area contributed by atoms with Crippen LogP contribution >= 0.6 is 23.1 Å². The summed E-state index contributed by atoms with van der Waals surface area (Å²) in [5, 5.41) is 4.86. The van der Waals surface area contributed by atoms with Crippen molar-refractivity contribution in [2.75, 3.05) is 11.1 Å². The molecule has 0 aliphatic carbocycles. The van der Waals surface area contributed by atoms with E-state index < -0.39 is 0 Å². The Hall–Kier alpha value is -1.59. The molecule has 0 saturated carbocycles. The number of aryl methyl sites for hydroxylation is 2. The zero-order valence-electron chi connectivity index (χ0n) is 12.6. The number of aromatic nitrogens is 2. The largest absolute Gasteiger partial charge is 0.363 e. The van der Waals surface area contributed by atoms with Crippen LogP contribution in [0.5, 0.6) is 0 Å². The van der Waals surface area contributed by atoms with Crippen molar-refractivity contribution in [1.29, 1.82) is 0 Å². The fraction of sp³-hybridized carbons (Fsp3) is 0.294. The van der Waals surface area contributed by atoms with Crippen LogP contribution in [-0.4, -0.2) is 15.7 Å². The van der Waals surface area contributed by atoms with Crippen molar-refractivity contribution in [2.45, 2.75) is 31.2 Å². The van der Waals surface area contributed by atoms with E-state index >= 15 is 0 Å². The molecule has 0 bridgehead atoms. The van der Waals surface area contributed by atoms with E-state index in [1.165, 1.54) is 26.3 Å². The molecule has 22 heavy (non-hydrogen) atoms. The lowest BCUT2D eigenvalue weighted by molar-refractivity contribution is 0.725. The number of thiophene rings is 1. The number of benzene rings is 1. The fourth-order valence-corrected chi connectivity index (χ4v) is 5.07. The van der Waals surface area contributed by atoms with Crippen molar-refractivity contribution in [3.8, 4) is 0 Å². The van der Waals surface area contributed by atoms with Gasteiger partial charge in [0.2, 0.25) is 0 Å². The lowest BCUT2D eigenvalue weighted by Crippen LogP contribution is -2.17. The average molecular weight is 327 g/mol. The third-order valence-electron chi connectivity index (χ3n) is 4.23. The molecule has 0 saturated heterocycles. The molecule has 0 unspecified atom stereocenters. The summed E-state index contributed by atoms with van der Waals surface area (Å²) in [6.07, 6.45) is 2.79. The van der Waals surface area contributed by atoms with Crippen molar-refractivity contribution in [3.05, 3.63) is 46.6 Å². The van der Waals surface area contributed by atoms with Gasteiger partial charge in [-0.1, -0.05) is 18.2 Å². The van der Waals surface area contributed by atoms with Gasteiger partial charge in [0.15, 0.2) is 0 Å². The topological polar surface area (TPSA) is 37.8 Å². The van der Waals surface area contributed by atoms with Gasteiger partial charge in [-0.05, 0) is 37.5 Å². The third kappa shape index (κ3) is 2.29. The van der Waals surface area contributed by atoms with Gasteiger partial charge in [0.25, 0.3) is 0 Å². The van der Waals surface area contributed by atoms with Crippen molar-refractivity contribution in [1.82, 2.24) is 9.97 Å². The van der Waals surface area contributed by atoms with E-state index in [1.54, 1.807) is 17.7 Å². The minimum Gasteiger partial charge on any atom is -0.363 e. The summed E-state index contributed by atoms with van der Waals surface area (Å²) >= 11 is 3.69. The number of fused-ring (bicyclic) bond motifs is 2. The number of nitrogens with one attached hydrogen (secondary N) is 1. The first-order chi connectivity index (χ1) is 10.7. The second-order valence-electron chi connectivity index (χ2n) is 5.56. The highest BCUT2D eigenvalue weighted by Crippen LogP contribution is 2.39. The molecule has 1 atom stereocenters. The SMILES string of the molecule is Cc1sc2ncnc(N[C@@H]3CCSc4ccccc43)c2c1C. The van der Waals surface area contributed by atoms with E-state index in [4.69, 9.17) is 0 Å². The molecule has 5 heteroatoms. The van der Waals surface area contributed by atoms with Gasteiger partial charge in [0.05, 0.1) is 11.4 Å². The van der Waals surface area contributed by atoms with Gasteiger partial charge in [-0.25, -0.2) is 9.97 Å². The second-order valence-corrected chi connectivity index (χ2v) is 7.90. The van der Waals surface area contributed by atoms with Gasteiger partial charge in [-0.2, -0.15) is 0 Å². The predicted molar refractivity (Wildman–Crippen MR) is 95.0 cm³/mol. The predicted octanol–water partition coefficient (Wildman–Crippen LogP) is 4.96. The van der Waals surface area contributed by atoms with Crippen molar-refractivity contribution >= 4 is 39.1 Å². The molecular formula is C17H17N3S2. The molecule has 1 aliphatic heterocycles. The van der Waals surface area contributed by atoms with Crippen LogP contribution in [0.4, 0.5) is 5.82 Å². The van der Waals surface area contributed by atoms with Crippen LogP contribution in [0.1, 0.15) is 28.5 Å². The summed E-state index contributed by atoms with van der Waals surface area (Å²) in [6, 6.07) is 9.00. The van der Waals surface area contributed by atoms with Gasteiger partial charge in [-0.3, -0.25) is 0 Å². The highest BCUT2D eigenvalue weighted by Gasteiger charge is 2.22. The van der Waals surface area contributed by atoms with Crippen LogP contribution in [0.25, 0.3) is 10.2 Å². The van der Waals surface area contributed by atoms with Gasteiger partial charge in [-0.15, -0.1) is 23.1 Å². The Bertz CT molecular complexity index is 841. The van der Waals surface area contributed by atoms with Crippen LogP contribution in [0.15, 0.2) is 35.5 Å². The quantitative estimate of drug-likeness (QED) is 0.722. The molecule has 1 aliphatic rings. The normalized spacial score (nSPS) is 17.5. The number of hydrogen-bond donors (Lipinski definition) is 1. The molecule has 112 valence electrons. The lowest BCUT2D eigenvalue weighted by Gasteiger charge is -2.26. The van der Waals surface area contributed by atoms with Crippen LogP contribution in [0.3, 0.4) is 0 Å². The Morgan fingerprint density at radius 3 is 2.95 bits per heavy atom. The Morgan fingerprint density at radius 2 is 2.05 bits per heavy atom. The molecule has 3 nitrogen and oxygen atoms in total.